The Morgan fingerprint density at radius 1 is 1.48 bits per heavy atom. The first kappa shape index (κ1) is 17.3. The summed E-state index contributed by atoms with van der Waals surface area (Å²) in [6, 6.07) is 2.34. The maximum absolute atomic E-state index is 12.4. The topological polar surface area (TPSA) is 108 Å². The molecule has 3 N–H and O–H groups in total. The molecule has 23 heavy (non-hydrogen) atoms. The van der Waals surface area contributed by atoms with Gasteiger partial charge in [0.1, 0.15) is 0 Å². The van der Waals surface area contributed by atoms with Crippen molar-refractivity contribution >= 4 is 27.2 Å². The van der Waals surface area contributed by atoms with Gasteiger partial charge in [0.25, 0.3) is 0 Å². The molecule has 1 heterocycles. The van der Waals surface area contributed by atoms with Crippen LogP contribution in [0.25, 0.3) is 0 Å². The fourth-order valence-electron chi connectivity index (χ4n) is 2.13. The molecule has 0 amide bonds. The molecular weight excluding hydrogens is 334 g/mol. The lowest BCUT2D eigenvalue weighted by Crippen LogP contribution is -2.41. The van der Waals surface area contributed by atoms with E-state index in [0.717, 1.165) is 13.2 Å². The van der Waals surface area contributed by atoms with Crippen molar-refractivity contribution in [3.05, 3.63) is 17.7 Å². The first-order chi connectivity index (χ1) is 10.7. The highest BCUT2D eigenvalue weighted by atomic mass is 32.2. The third-order valence-corrected chi connectivity index (χ3v) is 5.75. The number of halogens is 2. The zero-order valence-corrected chi connectivity index (χ0v) is 13.0. The monoisotopic (exact) mass is 350 g/mol. The van der Waals surface area contributed by atoms with Gasteiger partial charge in [-0.05, 0) is 18.6 Å². The van der Waals surface area contributed by atoms with Crippen molar-refractivity contribution in [2.75, 3.05) is 30.5 Å². The van der Waals surface area contributed by atoms with E-state index < -0.39 is 27.7 Å². The zero-order valence-electron chi connectivity index (χ0n) is 12.2. The lowest BCUT2D eigenvalue weighted by atomic mass is 10.1. The Morgan fingerprint density at radius 2 is 2.17 bits per heavy atom. The quantitative estimate of drug-likeness (QED) is 0.587. The summed E-state index contributed by atoms with van der Waals surface area (Å²) < 4.78 is 56.7. The number of alkyl halides is 2. The highest BCUT2D eigenvalue weighted by Gasteiger charge is 2.35. The average Bonchev–Trinajstić information content (AvgIpc) is 2.48. The van der Waals surface area contributed by atoms with Gasteiger partial charge in [-0.1, -0.05) is 0 Å². The van der Waals surface area contributed by atoms with Crippen LogP contribution in [-0.4, -0.2) is 45.7 Å². The van der Waals surface area contributed by atoms with Crippen molar-refractivity contribution in [1.82, 2.24) is 0 Å². The normalized spacial score (nSPS) is 19.0. The Labute approximate surface area is 131 Å². The van der Waals surface area contributed by atoms with Crippen LogP contribution < -0.4 is 15.8 Å². The molecule has 1 aromatic carbocycles. The van der Waals surface area contributed by atoms with Gasteiger partial charge in [-0.25, -0.2) is 13.2 Å². The highest BCUT2D eigenvalue weighted by Crippen LogP contribution is 2.33. The van der Waals surface area contributed by atoms with Gasteiger partial charge in [0.2, 0.25) is 0 Å². The van der Waals surface area contributed by atoms with Crippen LogP contribution in [0.3, 0.4) is 0 Å². The summed E-state index contributed by atoms with van der Waals surface area (Å²) in [6.45, 7) is -3.06. The number of nitrogens with two attached hydrogens (primary N) is 1. The van der Waals surface area contributed by atoms with Crippen LogP contribution >= 0.6 is 0 Å². The van der Waals surface area contributed by atoms with Gasteiger partial charge in [-0.3, -0.25) is 0 Å². The molecule has 0 radical (unpaired) electrons. The van der Waals surface area contributed by atoms with Gasteiger partial charge < -0.3 is 20.5 Å². The standard InChI is InChI=1S/C13H16F2N2O5S/c1-21-12(18)7-4-9(11(16)10(5-7)22-13(14)15)17-6-8-2-3-23(8,19)20/h4-5,8,13,17H,2-3,6,16H2,1H3/t8-/m0/s1. The van der Waals surface area contributed by atoms with Crippen molar-refractivity contribution in [3.8, 4) is 5.75 Å². The summed E-state index contributed by atoms with van der Waals surface area (Å²) in [4.78, 5) is 11.6. The molecule has 1 aromatic rings. The third-order valence-electron chi connectivity index (χ3n) is 3.53. The molecule has 1 aliphatic rings. The Balaban J connectivity index is 2.27. The van der Waals surface area contributed by atoms with Crippen LogP contribution in [0.4, 0.5) is 20.2 Å². The van der Waals surface area contributed by atoms with Crippen molar-refractivity contribution in [2.24, 2.45) is 0 Å². The number of methoxy groups -OCH3 is 1. The first-order valence-corrected chi connectivity index (χ1v) is 8.38. The van der Waals surface area contributed by atoms with Crippen molar-refractivity contribution < 1.29 is 31.5 Å². The zero-order chi connectivity index (χ0) is 17.2. The molecular formula is C13H16F2N2O5S. The van der Waals surface area contributed by atoms with Crippen LogP contribution in [0, 0.1) is 0 Å². The number of nitrogen functional groups attached to an aromatic ring is 1. The van der Waals surface area contributed by atoms with E-state index in [1.807, 2.05) is 0 Å². The van der Waals surface area contributed by atoms with Crippen LogP contribution in [-0.2, 0) is 14.6 Å². The molecule has 10 heteroatoms. The number of hydrogen-bond donors (Lipinski definition) is 2. The second-order valence-electron chi connectivity index (χ2n) is 4.96. The highest BCUT2D eigenvalue weighted by molar-refractivity contribution is 7.93. The number of nitrogens with one attached hydrogen (secondary N) is 1. The summed E-state index contributed by atoms with van der Waals surface area (Å²) in [6.07, 6.45) is 0.506. The number of sulfone groups is 1. The molecule has 0 saturated carbocycles. The van der Waals surface area contributed by atoms with Gasteiger partial charge in [0.05, 0.1) is 35.1 Å². The van der Waals surface area contributed by atoms with Gasteiger partial charge >= 0.3 is 12.6 Å². The summed E-state index contributed by atoms with van der Waals surface area (Å²) in [7, 11) is -1.97. The third kappa shape index (κ3) is 3.81. The lowest BCUT2D eigenvalue weighted by molar-refractivity contribution is -0.0493. The Kier molecular flexibility index (Phi) is 4.93. The van der Waals surface area contributed by atoms with Crippen LogP contribution in [0.2, 0.25) is 0 Å². The maximum atomic E-state index is 12.4. The fraction of sp³-hybridized carbons (Fsp3) is 0.462. The van der Waals surface area contributed by atoms with E-state index >= 15 is 0 Å². The smallest absolute Gasteiger partial charge is 0.387 e. The average molecular weight is 350 g/mol. The number of carbonyl (C=O) groups is 1. The van der Waals surface area contributed by atoms with E-state index in [-0.39, 0.29) is 35.0 Å². The molecule has 0 spiro atoms. The molecule has 1 fully saturated rings. The fourth-order valence-corrected chi connectivity index (χ4v) is 3.42. The molecule has 0 bridgehead atoms. The largest absolute Gasteiger partial charge is 0.465 e. The first-order valence-electron chi connectivity index (χ1n) is 6.66. The SMILES string of the molecule is COC(=O)c1cc(NC[C@@H]2CCS2(=O)=O)c(N)c(OC(F)F)c1. The molecule has 0 aromatic heterocycles. The van der Waals surface area contributed by atoms with E-state index in [4.69, 9.17) is 5.73 Å². The molecule has 1 atom stereocenters. The minimum absolute atomic E-state index is 0.0451. The number of hydrogen-bond acceptors (Lipinski definition) is 7. The maximum Gasteiger partial charge on any atom is 0.387 e. The number of ether oxygens (including phenoxy) is 2. The van der Waals surface area contributed by atoms with E-state index in [0.29, 0.717) is 6.42 Å². The predicted octanol–water partition coefficient (Wildman–Crippen LogP) is 1.26. The molecule has 7 nitrogen and oxygen atoms in total. The van der Waals surface area contributed by atoms with E-state index in [1.165, 1.54) is 6.07 Å². The molecule has 128 valence electrons. The van der Waals surface area contributed by atoms with Gasteiger partial charge in [-0.2, -0.15) is 8.78 Å². The number of rotatable bonds is 6. The number of benzene rings is 1. The number of carbonyl (C=O) groups excluding carboxylic acids is 1. The lowest BCUT2D eigenvalue weighted by Gasteiger charge is -2.27. The Hall–Kier alpha value is -2.10. The van der Waals surface area contributed by atoms with Gasteiger partial charge in [0, 0.05) is 6.54 Å². The summed E-state index contributed by atoms with van der Waals surface area (Å²) >= 11 is 0. The van der Waals surface area contributed by atoms with E-state index in [1.54, 1.807) is 0 Å². The van der Waals surface area contributed by atoms with Gasteiger partial charge in [0.15, 0.2) is 15.6 Å². The van der Waals surface area contributed by atoms with Gasteiger partial charge in [-0.15, -0.1) is 0 Å². The number of esters is 1. The number of anilines is 2. The van der Waals surface area contributed by atoms with Crippen LogP contribution in [0.15, 0.2) is 12.1 Å². The van der Waals surface area contributed by atoms with Crippen molar-refractivity contribution in [2.45, 2.75) is 18.3 Å². The van der Waals surface area contributed by atoms with Crippen molar-refractivity contribution in [3.63, 3.8) is 0 Å². The minimum Gasteiger partial charge on any atom is -0.465 e. The second kappa shape index (κ2) is 6.57. The minimum atomic E-state index is -3.12. The van der Waals surface area contributed by atoms with Crippen LogP contribution in [0.5, 0.6) is 5.75 Å². The summed E-state index contributed by atoms with van der Waals surface area (Å²) in [5.74, 6) is -1.03. The second-order valence-corrected chi connectivity index (χ2v) is 7.36. The summed E-state index contributed by atoms with van der Waals surface area (Å²) in [5.41, 5.74) is 5.67. The molecule has 2 rings (SSSR count). The molecule has 0 unspecified atom stereocenters. The van der Waals surface area contributed by atoms with E-state index in [2.05, 4.69) is 14.8 Å². The molecule has 0 aliphatic carbocycles. The summed E-state index contributed by atoms with van der Waals surface area (Å²) in [5, 5.41) is 2.20. The van der Waals surface area contributed by atoms with E-state index in [9.17, 15) is 22.0 Å². The predicted molar refractivity (Wildman–Crippen MR) is 79.5 cm³/mol. The Morgan fingerprint density at radius 3 is 2.65 bits per heavy atom. The molecule has 1 aliphatic heterocycles. The van der Waals surface area contributed by atoms with Crippen molar-refractivity contribution in [1.29, 1.82) is 0 Å². The Bertz CT molecular complexity index is 709. The van der Waals surface area contributed by atoms with Crippen LogP contribution in [0.1, 0.15) is 16.8 Å². The molecule has 1 saturated heterocycles.